The van der Waals surface area contributed by atoms with Crippen LogP contribution in [-0.2, 0) is 0 Å². The van der Waals surface area contributed by atoms with Crippen molar-refractivity contribution in [3.05, 3.63) is 16.9 Å². The molecular formula is C7H8ClN3S. The van der Waals surface area contributed by atoms with Crippen LogP contribution in [0.3, 0.4) is 0 Å². The van der Waals surface area contributed by atoms with Crippen molar-refractivity contribution < 1.29 is 0 Å². The Hall–Kier alpha value is -0.450. The van der Waals surface area contributed by atoms with E-state index in [0.29, 0.717) is 5.15 Å². The van der Waals surface area contributed by atoms with E-state index in [-0.39, 0.29) is 0 Å². The van der Waals surface area contributed by atoms with Gasteiger partial charge in [0.05, 0.1) is 11.7 Å². The zero-order chi connectivity index (χ0) is 8.39. The fourth-order valence-electron chi connectivity index (χ4n) is 1.19. The molecule has 0 saturated heterocycles. The number of nitrogens with one attached hydrogen (secondary N) is 1. The molecule has 0 unspecified atom stereocenters. The zero-order valence-electron chi connectivity index (χ0n) is 6.38. The molecule has 5 heteroatoms. The Labute approximate surface area is 79.8 Å². The minimum atomic E-state index is 0.523. The van der Waals surface area contributed by atoms with Gasteiger partial charge >= 0.3 is 0 Å². The summed E-state index contributed by atoms with van der Waals surface area (Å²) in [5.74, 6) is 0. The quantitative estimate of drug-likeness (QED) is 0.750. The van der Waals surface area contributed by atoms with Gasteiger partial charge in [0.25, 0.3) is 0 Å². The third-order valence-corrected chi connectivity index (χ3v) is 2.67. The van der Waals surface area contributed by atoms with Crippen molar-refractivity contribution in [3.63, 3.8) is 0 Å². The Bertz CT molecular complexity index is 307. The van der Waals surface area contributed by atoms with E-state index in [1.165, 1.54) is 5.57 Å². The molecule has 0 saturated carbocycles. The number of nitrogens with zero attached hydrogens (tertiary/aromatic N) is 2. The molecule has 1 N–H and O–H groups in total. The highest BCUT2D eigenvalue weighted by molar-refractivity contribution is 6.99. The van der Waals surface area contributed by atoms with E-state index in [1.54, 1.807) is 0 Å². The molecular weight excluding hydrogens is 194 g/mol. The second-order valence-corrected chi connectivity index (χ2v) is 3.48. The smallest absolute Gasteiger partial charge is 0.170 e. The van der Waals surface area contributed by atoms with Crippen LogP contribution in [0, 0.1) is 0 Å². The predicted molar refractivity (Wildman–Crippen MR) is 50.4 cm³/mol. The van der Waals surface area contributed by atoms with Crippen molar-refractivity contribution in [2.24, 2.45) is 0 Å². The highest BCUT2D eigenvalue weighted by Crippen LogP contribution is 2.22. The van der Waals surface area contributed by atoms with Gasteiger partial charge in [-0.15, -0.1) is 0 Å². The highest BCUT2D eigenvalue weighted by Gasteiger charge is 2.12. The Morgan fingerprint density at radius 2 is 2.42 bits per heavy atom. The molecule has 2 heterocycles. The predicted octanol–water partition coefficient (Wildman–Crippen LogP) is 1.57. The zero-order valence-corrected chi connectivity index (χ0v) is 7.95. The monoisotopic (exact) mass is 201 g/mol. The van der Waals surface area contributed by atoms with Crippen LogP contribution in [0.5, 0.6) is 0 Å². The molecule has 0 aliphatic carbocycles. The second kappa shape index (κ2) is 3.51. The van der Waals surface area contributed by atoms with Crippen LogP contribution in [0.25, 0.3) is 5.57 Å². The van der Waals surface area contributed by atoms with E-state index in [0.717, 1.165) is 36.9 Å². The SMILES string of the molecule is Clc1nsnc1C1=CCCNC1. The van der Waals surface area contributed by atoms with Gasteiger partial charge in [0.15, 0.2) is 5.15 Å². The maximum absolute atomic E-state index is 5.84. The Kier molecular flexibility index (Phi) is 2.39. The van der Waals surface area contributed by atoms with Crippen LogP contribution < -0.4 is 5.32 Å². The molecule has 12 heavy (non-hydrogen) atoms. The Morgan fingerprint density at radius 1 is 1.50 bits per heavy atom. The summed E-state index contributed by atoms with van der Waals surface area (Å²) < 4.78 is 8.05. The van der Waals surface area contributed by atoms with Crippen molar-refractivity contribution >= 4 is 28.9 Å². The topological polar surface area (TPSA) is 37.8 Å². The normalized spacial score (nSPS) is 17.6. The van der Waals surface area contributed by atoms with Gasteiger partial charge in [-0.05, 0) is 18.5 Å². The van der Waals surface area contributed by atoms with Crippen LogP contribution in [0.2, 0.25) is 5.15 Å². The molecule has 0 radical (unpaired) electrons. The average Bonchev–Trinajstić information content (AvgIpc) is 2.53. The summed E-state index contributed by atoms with van der Waals surface area (Å²) in [7, 11) is 0. The van der Waals surface area contributed by atoms with E-state index in [1.807, 2.05) is 0 Å². The fraction of sp³-hybridized carbons (Fsp3) is 0.429. The molecule has 0 bridgehead atoms. The lowest BCUT2D eigenvalue weighted by atomic mass is 10.1. The van der Waals surface area contributed by atoms with E-state index < -0.39 is 0 Å². The molecule has 3 nitrogen and oxygen atoms in total. The first-order valence-electron chi connectivity index (χ1n) is 3.76. The van der Waals surface area contributed by atoms with E-state index in [4.69, 9.17) is 11.6 Å². The van der Waals surface area contributed by atoms with Gasteiger partial charge in [-0.1, -0.05) is 17.7 Å². The van der Waals surface area contributed by atoms with Gasteiger partial charge in [-0.25, -0.2) is 0 Å². The number of aromatic nitrogens is 2. The Balaban J connectivity index is 2.29. The van der Waals surface area contributed by atoms with Gasteiger partial charge in [0, 0.05) is 6.54 Å². The van der Waals surface area contributed by atoms with Gasteiger partial charge in [-0.2, -0.15) is 8.75 Å². The van der Waals surface area contributed by atoms with Crippen molar-refractivity contribution in [1.82, 2.24) is 14.1 Å². The van der Waals surface area contributed by atoms with Crippen LogP contribution >= 0.6 is 23.3 Å². The third-order valence-electron chi connectivity index (χ3n) is 1.78. The summed E-state index contributed by atoms with van der Waals surface area (Å²) in [4.78, 5) is 0. The summed E-state index contributed by atoms with van der Waals surface area (Å²) in [5, 5.41) is 3.78. The number of rotatable bonds is 1. The number of hydrogen-bond donors (Lipinski definition) is 1. The summed E-state index contributed by atoms with van der Waals surface area (Å²) >= 11 is 7.00. The third kappa shape index (κ3) is 1.50. The minimum Gasteiger partial charge on any atom is -0.312 e. The van der Waals surface area contributed by atoms with Crippen molar-refractivity contribution in [2.45, 2.75) is 6.42 Å². The standard InChI is InChI=1S/C7H8ClN3S/c8-7-6(10-12-11-7)5-2-1-3-9-4-5/h2,9H,1,3-4H2. The van der Waals surface area contributed by atoms with E-state index in [9.17, 15) is 0 Å². The van der Waals surface area contributed by atoms with Crippen LogP contribution in [0.15, 0.2) is 6.08 Å². The average molecular weight is 202 g/mol. The second-order valence-electron chi connectivity index (χ2n) is 2.60. The highest BCUT2D eigenvalue weighted by atomic mass is 35.5. The van der Waals surface area contributed by atoms with Crippen molar-refractivity contribution in [3.8, 4) is 0 Å². The van der Waals surface area contributed by atoms with Crippen LogP contribution in [0.4, 0.5) is 0 Å². The lowest BCUT2D eigenvalue weighted by Gasteiger charge is -2.11. The summed E-state index contributed by atoms with van der Waals surface area (Å²) in [6, 6.07) is 0. The molecule has 0 amide bonds. The first-order valence-corrected chi connectivity index (χ1v) is 4.87. The molecule has 1 aliphatic rings. The van der Waals surface area contributed by atoms with Gasteiger partial charge in [-0.3, -0.25) is 0 Å². The fourth-order valence-corrected chi connectivity index (χ4v) is 1.98. The molecule has 0 fully saturated rings. The largest absolute Gasteiger partial charge is 0.312 e. The maximum Gasteiger partial charge on any atom is 0.170 e. The molecule has 2 rings (SSSR count). The molecule has 1 aromatic rings. The van der Waals surface area contributed by atoms with Gasteiger partial charge < -0.3 is 5.32 Å². The molecule has 1 aromatic heterocycles. The van der Waals surface area contributed by atoms with E-state index >= 15 is 0 Å². The number of hydrogen-bond acceptors (Lipinski definition) is 4. The maximum atomic E-state index is 5.84. The van der Waals surface area contributed by atoms with Crippen molar-refractivity contribution in [1.29, 1.82) is 0 Å². The summed E-state index contributed by atoms with van der Waals surface area (Å²) in [6.07, 6.45) is 3.21. The van der Waals surface area contributed by atoms with E-state index in [2.05, 4.69) is 20.1 Å². The lowest BCUT2D eigenvalue weighted by Crippen LogP contribution is -2.21. The molecule has 0 aromatic carbocycles. The first kappa shape index (κ1) is 8.16. The first-order chi connectivity index (χ1) is 5.88. The number of halogens is 1. The van der Waals surface area contributed by atoms with Gasteiger partial charge in [0.2, 0.25) is 0 Å². The van der Waals surface area contributed by atoms with Crippen LogP contribution in [-0.4, -0.2) is 21.8 Å². The Morgan fingerprint density at radius 3 is 3.00 bits per heavy atom. The molecule has 64 valence electrons. The minimum absolute atomic E-state index is 0.523. The molecule has 0 atom stereocenters. The summed E-state index contributed by atoms with van der Waals surface area (Å²) in [6.45, 7) is 1.89. The lowest BCUT2D eigenvalue weighted by molar-refractivity contribution is 0.738. The van der Waals surface area contributed by atoms with Crippen molar-refractivity contribution in [2.75, 3.05) is 13.1 Å². The van der Waals surface area contributed by atoms with Gasteiger partial charge in [0.1, 0.15) is 5.69 Å². The molecule has 0 spiro atoms. The summed E-state index contributed by atoms with van der Waals surface area (Å²) in [5.41, 5.74) is 2.01. The van der Waals surface area contributed by atoms with Crippen LogP contribution in [0.1, 0.15) is 12.1 Å². The molecule has 1 aliphatic heterocycles.